The minimum atomic E-state index is -0.371. The Balaban J connectivity index is 1.66. The van der Waals surface area contributed by atoms with Gasteiger partial charge in [-0.3, -0.25) is 9.69 Å². The van der Waals surface area contributed by atoms with Crippen LogP contribution in [0.15, 0.2) is 17.5 Å². The maximum atomic E-state index is 12.0. The third-order valence-corrected chi connectivity index (χ3v) is 5.65. The standard InChI is InChI=1S/C17H29N3OS/c1-3-13(2)16(18)17(21)19-11-14-6-8-20(9-7-14)12-15-5-4-10-22-15/h4-5,10,13-14,16H,3,6-9,11-12,18H2,1-2H3,(H,19,21). The molecule has 22 heavy (non-hydrogen) atoms. The predicted octanol–water partition coefficient (Wildman–Crippen LogP) is 2.45. The molecule has 0 spiro atoms. The molecule has 1 saturated heterocycles. The minimum absolute atomic E-state index is 0.00960. The first-order chi connectivity index (χ1) is 10.6. The Kier molecular flexibility index (Phi) is 6.86. The van der Waals surface area contributed by atoms with E-state index in [9.17, 15) is 4.79 Å². The van der Waals surface area contributed by atoms with Gasteiger partial charge in [0.2, 0.25) is 5.91 Å². The summed E-state index contributed by atoms with van der Waals surface area (Å²) in [6, 6.07) is 3.94. The van der Waals surface area contributed by atoms with Gasteiger partial charge in [-0.15, -0.1) is 11.3 Å². The van der Waals surface area contributed by atoms with E-state index in [0.717, 1.165) is 45.4 Å². The van der Waals surface area contributed by atoms with Crippen molar-refractivity contribution in [1.82, 2.24) is 10.2 Å². The molecule has 1 aliphatic heterocycles. The second-order valence-corrected chi connectivity index (χ2v) is 7.49. The van der Waals surface area contributed by atoms with E-state index in [1.165, 1.54) is 4.88 Å². The monoisotopic (exact) mass is 323 g/mol. The lowest BCUT2D eigenvalue weighted by molar-refractivity contribution is -0.123. The minimum Gasteiger partial charge on any atom is -0.354 e. The maximum Gasteiger partial charge on any atom is 0.237 e. The Morgan fingerprint density at radius 1 is 1.50 bits per heavy atom. The number of hydrogen-bond acceptors (Lipinski definition) is 4. The van der Waals surface area contributed by atoms with Crippen LogP contribution in [0.4, 0.5) is 0 Å². The highest BCUT2D eigenvalue weighted by molar-refractivity contribution is 7.09. The van der Waals surface area contributed by atoms with E-state index in [4.69, 9.17) is 5.73 Å². The number of rotatable bonds is 7. The number of nitrogens with one attached hydrogen (secondary N) is 1. The van der Waals surface area contributed by atoms with Crippen molar-refractivity contribution in [2.24, 2.45) is 17.6 Å². The van der Waals surface area contributed by atoms with Gasteiger partial charge in [0.05, 0.1) is 6.04 Å². The number of piperidine rings is 1. The molecule has 1 fully saturated rings. The van der Waals surface area contributed by atoms with Crippen molar-refractivity contribution in [1.29, 1.82) is 0 Å². The fourth-order valence-electron chi connectivity index (χ4n) is 2.85. The fraction of sp³-hybridized carbons (Fsp3) is 0.706. The van der Waals surface area contributed by atoms with Gasteiger partial charge in [-0.1, -0.05) is 26.3 Å². The molecule has 0 bridgehead atoms. The predicted molar refractivity (Wildman–Crippen MR) is 92.8 cm³/mol. The Morgan fingerprint density at radius 2 is 2.23 bits per heavy atom. The number of nitrogens with zero attached hydrogens (tertiary/aromatic N) is 1. The molecular formula is C17H29N3OS. The van der Waals surface area contributed by atoms with Crippen LogP contribution in [0.3, 0.4) is 0 Å². The number of nitrogens with two attached hydrogens (primary N) is 1. The van der Waals surface area contributed by atoms with Crippen LogP contribution in [-0.4, -0.2) is 36.5 Å². The molecule has 1 aromatic rings. The normalized spacial score (nSPS) is 19.8. The molecule has 0 aromatic carbocycles. The van der Waals surface area contributed by atoms with Gasteiger partial charge in [0.1, 0.15) is 0 Å². The molecule has 2 unspecified atom stereocenters. The summed E-state index contributed by atoms with van der Waals surface area (Å²) in [7, 11) is 0. The topological polar surface area (TPSA) is 58.4 Å². The third kappa shape index (κ3) is 5.07. The zero-order valence-electron chi connectivity index (χ0n) is 13.8. The summed E-state index contributed by atoms with van der Waals surface area (Å²) in [5.74, 6) is 0.843. The van der Waals surface area contributed by atoms with E-state index in [1.807, 2.05) is 18.3 Å². The van der Waals surface area contributed by atoms with Gasteiger partial charge in [-0.25, -0.2) is 0 Å². The van der Waals surface area contributed by atoms with Gasteiger partial charge in [0.25, 0.3) is 0 Å². The second kappa shape index (κ2) is 8.65. The summed E-state index contributed by atoms with van der Waals surface area (Å²) >= 11 is 1.83. The van der Waals surface area contributed by atoms with E-state index in [1.54, 1.807) is 0 Å². The van der Waals surface area contributed by atoms with Crippen LogP contribution in [0, 0.1) is 11.8 Å². The second-order valence-electron chi connectivity index (χ2n) is 6.46. The highest BCUT2D eigenvalue weighted by Crippen LogP contribution is 2.20. The number of carbonyl (C=O) groups is 1. The first-order valence-electron chi connectivity index (χ1n) is 8.38. The smallest absolute Gasteiger partial charge is 0.237 e. The van der Waals surface area contributed by atoms with Crippen LogP contribution in [0.1, 0.15) is 38.0 Å². The average Bonchev–Trinajstić information content (AvgIpc) is 3.05. The molecule has 4 nitrogen and oxygen atoms in total. The van der Waals surface area contributed by atoms with E-state index < -0.39 is 0 Å². The first-order valence-corrected chi connectivity index (χ1v) is 9.26. The van der Waals surface area contributed by atoms with E-state index in [2.05, 4.69) is 34.7 Å². The highest BCUT2D eigenvalue weighted by Gasteiger charge is 2.23. The van der Waals surface area contributed by atoms with Crippen LogP contribution in [0.2, 0.25) is 0 Å². The fourth-order valence-corrected chi connectivity index (χ4v) is 3.59. The van der Waals surface area contributed by atoms with Gasteiger partial charge >= 0.3 is 0 Å². The Hall–Kier alpha value is -0.910. The van der Waals surface area contributed by atoms with Crippen LogP contribution in [0.25, 0.3) is 0 Å². The van der Waals surface area contributed by atoms with Crippen molar-refractivity contribution in [3.8, 4) is 0 Å². The third-order valence-electron chi connectivity index (χ3n) is 4.79. The van der Waals surface area contributed by atoms with Gasteiger partial charge < -0.3 is 11.1 Å². The highest BCUT2D eigenvalue weighted by atomic mass is 32.1. The molecule has 0 aliphatic carbocycles. The van der Waals surface area contributed by atoms with Crippen molar-refractivity contribution in [2.75, 3.05) is 19.6 Å². The van der Waals surface area contributed by atoms with Gasteiger partial charge in [-0.2, -0.15) is 0 Å². The summed E-state index contributed by atoms with van der Waals surface area (Å²) in [6.45, 7) is 8.19. The number of amides is 1. The summed E-state index contributed by atoms with van der Waals surface area (Å²) in [4.78, 5) is 16.0. The average molecular weight is 324 g/mol. The largest absolute Gasteiger partial charge is 0.354 e. The van der Waals surface area contributed by atoms with Gasteiger partial charge in [0.15, 0.2) is 0 Å². The number of hydrogen-bond donors (Lipinski definition) is 2. The zero-order chi connectivity index (χ0) is 15.9. The van der Waals surface area contributed by atoms with Crippen molar-refractivity contribution in [3.63, 3.8) is 0 Å². The molecule has 5 heteroatoms. The zero-order valence-corrected chi connectivity index (χ0v) is 14.6. The van der Waals surface area contributed by atoms with Crippen molar-refractivity contribution in [3.05, 3.63) is 22.4 Å². The van der Waals surface area contributed by atoms with Crippen LogP contribution in [-0.2, 0) is 11.3 Å². The lowest BCUT2D eigenvalue weighted by atomic mass is 9.95. The van der Waals surface area contributed by atoms with Crippen LogP contribution < -0.4 is 11.1 Å². The van der Waals surface area contributed by atoms with Crippen molar-refractivity contribution in [2.45, 2.75) is 45.7 Å². The first kappa shape index (κ1) is 17.4. The van der Waals surface area contributed by atoms with Gasteiger partial charge in [0, 0.05) is 18.0 Å². The molecule has 2 atom stereocenters. The molecule has 0 saturated carbocycles. The summed E-state index contributed by atoms with van der Waals surface area (Å²) in [6.07, 6.45) is 3.25. The summed E-state index contributed by atoms with van der Waals surface area (Å²) < 4.78 is 0. The lowest BCUT2D eigenvalue weighted by Gasteiger charge is -2.32. The SMILES string of the molecule is CCC(C)C(N)C(=O)NCC1CCN(Cc2cccs2)CC1. The Bertz CT molecular complexity index is 441. The molecular weight excluding hydrogens is 294 g/mol. The lowest BCUT2D eigenvalue weighted by Crippen LogP contribution is -2.47. The van der Waals surface area contributed by atoms with E-state index in [0.29, 0.717) is 5.92 Å². The molecule has 1 aromatic heterocycles. The molecule has 3 N–H and O–H groups in total. The van der Waals surface area contributed by atoms with Crippen LogP contribution in [0.5, 0.6) is 0 Å². The van der Waals surface area contributed by atoms with E-state index in [-0.39, 0.29) is 17.9 Å². The quantitative estimate of drug-likeness (QED) is 0.810. The molecule has 2 heterocycles. The summed E-state index contributed by atoms with van der Waals surface area (Å²) in [5, 5.41) is 5.18. The Morgan fingerprint density at radius 3 is 2.82 bits per heavy atom. The molecule has 124 valence electrons. The molecule has 1 amide bonds. The maximum absolute atomic E-state index is 12.0. The Labute approximate surface area is 138 Å². The van der Waals surface area contributed by atoms with Crippen molar-refractivity contribution >= 4 is 17.2 Å². The van der Waals surface area contributed by atoms with E-state index >= 15 is 0 Å². The molecule has 0 radical (unpaired) electrons. The molecule has 2 rings (SSSR count). The number of likely N-dealkylation sites (tertiary alicyclic amines) is 1. The number of thiophene rings is 1. The number of carbonyl (C=O) groups excluding carboxylic acids is 1. The summed E-state index contributed by atoms with van der Waals surface area (Å²) in [5.41, 5.74) is 5.97. The molecule has 1 aliphatic rings. The van der Waals surface area contributed by atoms with Gasteiger partial charge in [-0.05, 0) is 49.2 Å². The van der Waals surface area contributed by atoms with Crippen molar-refractivity contribution < 1.29 is 4.79 Å². The van der Waals surface area contributed by atoms with Crippen LogP contribution >= 0.6 is 11.3 Å².